The van der Waals surface area contributed by atoms with Crippen molar-refractivity contribution in [3.8, 4) is 5.75 Å². The molecule has 0 amide bonds. The van der Waals surface area contributed by atoms with Gasteiger partial charge in [0.1, 0.15) is 5.75 Å². The van der Waals surface area contributed by atoms with Gasteiger partial charge in [-0.2, -0.15) is 0 Å². The van der Waals surface area contributed by atoms with Crippen molar-refractivity contribution in [2.45, 2.75) is 39.8 Å². The fraction of sp³-hybridized carbons (Fsp3) is 0.368. The molecular formula is C19H25NO. The van der Waals surface area contributed by atoms with E-state index in [-0.39, 0.29) is 6.04 Å². The fourth-order valence-electron chi connectivity index (χ4n) is 2.47. The second kappa shape index (κ2) is 7.28. The molecule has 1 atom stereocenters. The quantitative estimate of drug-likeness (QED) is 0.847. The lowest BCUT2D eigenvalue weighted by Crippen LogP contribution is -2.18. The molecule has 1 unspecified atom stereocenters. The van der Waals surface area contributed by atoms with Crippen molar-refractivity contribution in [1.82, 2.24) is 5.32 Å². The van der Waals surface area contributed by atoms with Gasteiger partial charge in [0.15, 0.2) is 0 Å². The maximum absolute atomic E-state index is 5.46. The molecule has 0 aliphatic rings. The van der Waals surface area contributed by atoms with Gasteiger partial charge in [-0.25, -0.2) is 0 Å². The summed E-state index contributed by atoms with van der Waals surface area (Å²) in [6.45, 7) is 7.33. The third-order valence-corrected chi connectivity index (χ3v) is 3.90. The van der Waals surface area contributed by atoms with Crippen molar-refractivity contribution in [2.24, 2.45) is 0 Å². The summed E-state index contributed by atoms with van der Waals surface area (Å²) in [4.78, 5) is 0. The first kappa shape index (κ1) is 15.6. The number of aryl methyl sites for hydroxylation is 2. The molecule has 0 saturated heterocycles. The van der Waals surface area contributed by atoms with Crippen molar-refractivity contribution in [3.63, 3.8) is 0 Å². The number of benzene rings is 2. The Kier molecular flexibility index (Phi) is 5.40. The van der Waals surface area contributed by atoms with Gasteiger partial charge >= 0.3 is 0 Å². The van der Waals surface area contributed by atoms with Crippen LogP contribution in [0.25, 0.3) is 0 Å². The standard InChI is InChI=1S/C19H25NO/c1-5-16-7-9-17(10-8-16)13-20-15(3)18-12-14(2)6-11-19(18)21-4/h6-12,15,20H,5,13H2,1-4H3. The van der Waals surface area contributed by atoms with Crippen LogP contribution < -0.4 is 10.1 Å². The molecule has 2 heteroatoms. The van der Waals surface area contributed by atoms with Crippen LogP contribution in [0.4, 0.5) is 0 Å². The van der Waals surface area contributed by atoms with Crippen LogP contribution in [0, 0.1) is 6.92 Å². The number of nitrogens with one attached hydrogen (secondary N) is 1. The van der Waals surface area contributed by atoms with E-state index in [0.717, 1.165) is 18.7 Å². The molecule has 0 spiro atoms. The minimum atomic E-state index is 0.255. The van der Waals surface area contributed by atoms with Crippen LogP contribution in [-0.4, -0.2) is 7.11 Å². The maximum atomic E-state index is 5.46. The van der Waals surface area contributed by atoms with Crippen LogP contribution in [-0.2, 0) is 13.0 Å². The van der Waals surface area contributed by atoms with Gasteiger partial charge in [0, 0.05) is 18.2 Å². The van der Waals surface area contributed by atoms with E-state index in [2.05, 4.69) is 62.5 Å². The summed E-state index contributed by atoms with van der Waals surface area (Å²) in [5.74, 6) is 0.946. The van der Waals surface area contributed by atoms with E-state index < -0.39 is 0 Å². The zero-order chi connectivity index (χ0) is 15.2. The first-order chi connectivity index (χ1) is 10.1. The van der Waals surface area contributed by atoms with Crippen LogP contribution in [0.5, 0.6) is 5.75 Å². The van der Waals surface area contributed by atoms with Crippen molar-refractivity contribution in [2.75, 3.05) is 7.11 Å². The third-order valence-electron chi connectivity index (χ3n) is 3.90. The molecule has 21 heavy (non-hydrogen) atoms. The predicted molar refractivity (Wildman–Crippen MR) is 88.8 cm³/mol. The van der Waals surface area contributed by atoms with Crippen LogP contribution in [0.3, 0.4) is 0 Å². The lowest BCUT2D eigenvalue weighted by molar-refractivity contribution is 0.401. The van der Waals surface area contributed by atoms with E-state index in [1.807, 2.05) is 6.07 Å². The molecule has 0 radical (unpaired) electrons. The number of hydrogen-bond donors (Lipinski definition) is 1. The van der Waals surface area contributed by atoms with Gasteiger partial charge in [0.25, 0.3) is 0 Å². The first-order valence-corrected chi connectivity index (χ1v) is 7.59. The molecule has 0 bridgehead atoms. The molecule has 112 valence electrons. The van der Waals surface area contributed by atoms with Crippen LogP contribution >= 0.6 is 0 Å². The van der Waals surface area contributed by atoms with Gasteiger partial charge in [0.05, 0.1) is 7.11 Å². The highest BCUT2D eigenvalue weighted by molar-refractivity contribution is 5.39. The Bertz CT molecular complexity index is 575. The van der Waals surface area contributed by atoms with Crippen molar-refractivity contribution < 1.29 is 4.74 Å². The predicted octanol–water partition coefficient (Wildman–Crippen LogP) is 4.42. The Morgan fingerprint density at radius 3 is 2.33 bits per heavy atom. The summed E-state index contributed by atoms with van der Waals surface area (Å²) < 4.78 is 5.46. The van der Waals surface area contributed by atoms with Crippen LogP contribution in [0.2, 0.25) is 0 Å². The Morgan fingerprint density at radius 1 is 1.05 bits per heavy atom. The van der Waals surface area contributed by atoms with E-state index in [0.29, 0.717) is 0 Å². The Balaban J connectivity index is 2.03. The summed E-state index contributed by atoms with van der Waals surface area (Å²) in [6, 6.07) is 15.4. The summed E-state index contributed by atoms with van der Waals surface area (Å²) in [6.07, 6.45) is 1.09. The van der Waals surface area contributed by atoms with Gasteiger partial charge in [0.2, 0.25) is 0 Å². The molecule has 2 nitrogen and oxygen atoms in total. The third kappa shape index (κ3) is 4.08. The highest BCUT2D eigenvalue weighted by atomic mass is 16.5. The number of methoxy groups -OCH3 is 1. The molecule has 0 aliphatic carbocycles. The van der Waals surface area contributed by atoms with Crippen molar-refractivity contribution in [1.29, 1.82) is 0 Å². The molecular weight excluding hydrogens is 258 g/mol. The second-order valence-corrected chi connectivity index (χ2v) is 5.52. The van der Waals surface area contributed by atoms with E-state index in [1.54, 1.807) is 7.11 Å². The average molecular weight is 283 g/mol. The van der Waals surface area contributed by atoms with E-state index in [1.165, 1.54) is 22.3 Å². The fourth-order valence-corrected chi connectivity index (χ4v) is 2.47. The molecule has 0 saturated carbocycles. The number of rotatable bonds is 6. The van der Waals surface area contributed by atoms with Gasteiger partial charge < -0.3 is 10.1 Å². The maximum Gasteiger partial charge on any atom is 0.123 e. The molecule has 2 aromatic rings. The minimum absolute atomic E-state index is 0.255. The monoisotopic (exact) mass is 283 g/mol. The van der Waals surface area contributed by atoms with Crippen molar-refractivity contribution in [3.05, 3.63) is 64.7 Å². The van der Waals surface area contributed by atoms with Gasteiger partial charge in [-0.3, -0.25) is 0 Å². The van der Waals surface area contributed by atoms with Crippen molar-refractivity contribution >= 4 is 0 Å². The largest absolute Gasteiger partial charge is 0.496 e. The number of ether oxygens (including phenoxy) is 1. The molecule has 0 aliphatic heterocycles. The van der Waals surface area contributed by atoms with E-state index in [9.17, 15) is 0 Å². The molecule has 0 fully saturated rings. The van der Waals surface area contributed by atoms with Gasteiger partial charge in [-0.05, 0) is 37.5 Å². The zero-order valence-corrected chi connectivity index (χ0v) is 13.4. The Labute approximate surface area is 128 Å². The lowest BCUT2D eigenvalue weighted by Gasteiger charge is -2.18. The topological polar surface area (TPSA) is 21.3 Å². The summed E-state index contributed by atoms with van der Waals surface area (Å²) in [5, 5.41) is 3.57. The molecule has 2 aromatic carbocycles. The second-order valence-electron chi connectivity index (χ2n) is 5.52. The normalized spacial score (nSPS) is 12.2. The highest BCUT2D eigenvalue weighted by Gasteiger charge is 2.11. The van der Waals surface area contributed by atoms with E-state index in [4.69, 9.17) is 4.74 Å². The summed E-state index contributed by atoms with van der Waals surface area (Å²) in [7, 11) is 1.73. The molecule has 0 aromatic heterocycles. The Morgan fingerprint density at radius 2 is 1.71 bits per heavy atom. The number of hydrogen-bond acceptors (Lipinski definition) is 2. The minimum Gasteiger partial charge on any atom is -0.496 e. The first-order valence-electron chi connectivity index (χ1n) is 7.59. The molecule has 0 heterocycles. The van der Waals surface area contributed by atoms with Gasteiger partial charge in [-0.15, -0.1) is 0 Å². The summed E-state index contributed by atoms with van der Waals surface area (Å²) >= 11 is 0. The van der Waals surface area contributed by atoms with Crippen LogP contribution in [0.1, 0.15) is 42.1 Å². The summed E-state index contributed by atoms with van der Waals surface area (Å²) in [5.41, 5.74) is 5.16. The van der Waals surface area contributed by atoms with Gasteiger partial charge in [-0.1, -0.05) is 48.9 Å². The smallest absolute Gasteiger partial charge is 0.123 e. The molecule has 1 N–H and O–H groups in total. The van der Waals surface area contributed by atoms with Crippen LogP contribution in [0.15, 0.2) is 42.5 Å². The van der Waals surface area contributed by atoms with E-state index >= 15 is 0 Å². The average Bonchev–Trinajstić information content (AvgIpc) is 2.53. The molecule has 2 rings (SSSR count). The lowest BCUT2D eigenvalue weighted by atomic mass is 10.0. The highest BCUT2D eigenvalue weighted by Crippen LogP contribution is 2.26. The zero-order valence-electron chi connectivity index (χ0n) is 13.4. The SMILES string of the molecule is CCc1ccc(CNC(C)c2cc(C)ccc2OC)cc1. The Hall–Kier alpha value is -1.80.